The molecule has 0 radical (unpaired) electrons. The van der Waals surface area contributed by atoms with Crippen LogP contribution in [0, 0.1) is 5.82 Å². The molecule has 1 saturated heterocycles. The van der Waals surface area contributed by atoms with E-state index in [-0.39, 0.29) is 12.3 Å². The van der Waals surface area contributed by atoms with E-state index in [4.69, 9.17) is 11.6 Å². The van der Waals surface area contributed by atoms with Crippen LogP contribution in [0.15, 0.2) is 48.3 Å². The molecule has 3 aromatic rings. The van der Waals surface area contributed by atoms with Crippen molar-refractivity contribution >= 4 is 46.6 Å². The molecule has 9 heteroatoms. The van der Waals surface area contributed by atoms with E-state index >= 15 is 0 Å². The van der Waals surface area contributed by atoms with Crippen LogP contribution in [0.25, 0.3) is 11.7 Å². The van der Waals surface area contributed by atoms with Gasteiger partial charge in [0.25, 0.3) is 0 Å². The van der Waals surface area contributed by atoms with Crippen molar-refractivity contribution in [2.45, 2.75) is 25.3 Å². The lowest BCUT2D eigenvalue weighted by molar-refractivity contribution is -0.118. The third-order valence-corrected chi connectivity index (χ3v) is 5.14. The number of nitrogens with one attached hydrogen (secondary N) is 3. The minimum absolute atomic E-state index is 0.0860. The molecular formula is C21H18ClFN6O. The van der Waals surface area contributed by atoms with E-state index in [2.05, 4.69) is 32.6 Å². The lowest BCUT2D eigenvalue weighted by Crippen LogP contribution is -2.10. The third-order valence-electron chi connectivity index (χ3n) is 4.92. The largest absolute Gasteiger partial charge is 0.367 e. The van der Waals surface area contributed by atoms with Gasteiger partial charge in [0.1, 0.15) is 17.5 Å². The van der Waals surface area contributed by atoms with Crippen LogP contribution in [0.5, 0.6) is 0 Å². The summed E-state index contributed by atoms with van der Waals surface area (Å²) in [7, 11) is 0. The average Bonchev–Trinajstić information content (AvgIpc) is 3.30. The molecule has 3 heterocycles. The first-order valence-corrected chi connectivity index (χ1v) is 9.90. The summed E-state index contributed by atoms with van der Waals surface area (Å²) in [4.78, 5) is 16.3. The molecule has 1 aliphatic carbocycles. The molecule has 152 valence electrons. The molecule has 7 nitrogen and oxygen atoms in total. The van der Waals surface area contributed by atoms with E-state index in [9.17, 15) is 9.18 Å². The third kappa shape index (κ3) is 3.73. The Morgan fingerprint density at radius 2 is 2.13 bits per heavy atom. The molecule has 2 fully saturated rings. The highest BCUT2D eigenvalue weighted by molar-refractivity contribution is 6.30. The van der Waals surface area contributed by atoms with Crippen molar-refractivity contribution in [2.75, 3.05) is 10.6 Å². The number of rotatable bonds is 5. The van der Waals surface area contributed by atoms with Gasteiger partial charge in [0, 0.05) is 34.1 Å². The Labute approximate surface area is 176 Å². The van der Waals surface area contributed by atoms with Gasteiger partial charge in [-0.25, -0.2) is 9.37 Å². The molecule has 5 rings (SSSR count). The molecule has 0 unspecified atom stereocenters. The Bertz CT molecular complexity index is 1210. The van der Waals surface area contributed by atoms with Gasteiger partial charge in [0.15, 0.2) is 5.65 Å². The predicted octanol–water partition coefficient (Wildman–Crippen LogP) is 4.26. The van der Waals surface area contributed by atoms with E-state index in [1.165, 1.54) is 12.1 Å². The molecule has 1 saturated carbocycles. The van der Waals surface area contributed by atoms with Crippen molar-refractivity contribution in [2.24, 2.45) is 0 Å². The fraction of sp³-hybridized carbons (Fsp3) is 0.190. The van der Waals surface area contributed by atoms with Crippen molar-refractivity contribution in [1.29, 1.82) is 0 Å². The highest BCUT2D eigenvalue weighted by atomic mass is 35.5. The second kappa shape index (κ2) is 7.14. The first kappa shape index (κ1) is 18.6. The fourth-order valence-corrected chi connectivity index (χ4v) is 3.58. The second-order valence-electron chi connectivity index (χ2n) is 7.44. The number of fused-ring (bicyclic) bond motifs is 1. The quantitative estimate of drug-likeness (QED) is 0.570. The van der Waals surface area contributed by atoms with E-state index < -0.39 is 5.82 Å². The van der Waals surface area contributed by atoms with E-state index in [0.29, 0.717) is 33.9 Å². The first-order chi connectivity index (χ1) is 14.4. The van der Waals surface area contributed by atoms with Crippen LogP contribution < -0.4 is 16.0 Å². The van der Waals surface area contributed by atoms with Crippen molar-refractivity contribution in [3.05, 3.63) is 64.7 Å². The summed E-state index contributed by atoms with van der Waals surface area (Å²) < 4.78 is 15.5. The smallest absolute Gasteiger partial charge is 0.228 e. The molecular weight excluding hydrogens is 407 g/mol. The minimum Gasteiger partial charge on any atom is -0.367 e. The van der Waals surface area contributed by atoms with Crippen molar-refractivity contribution in [1.82, 2.24) is 19.9 Å². The van der Waals surface area contributed by atoms with Gasteiger partial charge in [-0.2, -0.15) is 9.61 Å². The summed E-state index contributed by atoms with van der Waals surface area (Å²) in [5.74, 6) is 0.773. The first-order valence-electron chi connectivity index (χ1n) is 9.53. The number of anilines is 3. The number of allylic oxidation sites excluding steroid dienone is 1. The summed E-state index contributed by atoms with van der Waals surface area (Å²) >= 11 is 5.97. The lowest BCUT2D eigenvalue weighted by Gasteiger charge is -2.12. The Morgan fingerprint density at radius 1 is 1.30 bits per heavy atom. The average molecular weight is 425 g/mol. The van der Waals surface area contributed by atoms with Crippen LogP contribution in [-0.4, -0.2) is 26.5 Å². The van der Waals surface area contributed by atoms with Gasteiger partial charge in [0.2, 0.25) is 5.91 Å². The monoisotopic (exact) mass is 424 g/mol. The number of hydrogen-bond acceptors (Lipinski definition) is 5. The van der Waals surface area contributed by atoms with Gasteiger partial charge in [-0.15, -0.1) is 0 Å². The van der Waals surface area contributed by atoms with E-state index in [1.54, 1.807) is 16.8 Å². The molecule has 0 bridgehead atoms. The van der Waals surface area contributed by atoms with Crippen LogP contribution in [0.2, 0.25) is 5.02 Å². The van der Waals surface area contributed by atoms with Gasteiger partial charge in [-0.3, -0.25) is 4.79 Å². The number of nitrogens with zero attached hydrogens (tertiary/aromatic N) is 3. The van der Waals surface area contributed by atoms with Crippen molar-refractivity contribution in [3.8, 4) is 0 Å². The summed E-state index contributed by atoms with van der Waals surface area (Å²) in [6, 6.07) is 6.45. The summed E-state index contributed by atoms with van der Waals surface area (Å²) in [5.41, 5.74) is 3.23. The molecule has 1 aromatic carbocycles. The van der Waals surface area contributed by atoms with Crippen LogP contribution in [0.1, 0.15) is 24.8 Å². The normalized spacial score (nSPS) is 17.6. The summed E-state index contributed by atoms with van der Waals surface area (Å²) in [6.07, 6.45) is 6.02. The Morgan fingerprint density at radius 3 is 2.83 bits per heavy atom. The zero-order valence-corrected chi connectivity index (χ0v) is 16.6. The number of hydrogen-bond donors (Lipinski definition) is 3. The highest BCUT2D eigenvalue weighted by Gasteiger charge is 2.24. The molecule has 1 amide bonds. The summed E-state index contributed by atoms with van der Waals surface area (Å²) in [5, 5.41) is 14.0. The van der Waals surface area contributed by atoms with Crippen LogP contribution >= 0.6 is 11.6 Å². The highest BCUT2D eigenvalue weighted by Crippen LogP contribution is 2.30. The number of carbonyl (C=O) groups is 1. The fourth-order valence-electron chi connectivity index (χ4n) is 3.36. The van der Waals surface area contributed by atoms with Gasteiger partial charge in [-0.1, -0.05) is 18.2 Å². The number of amides is 1. The van der Waals surface area contributed by atoms with Crippen LogP contribution in [0.3, 0.4) is 0 Å². The minimum atomic E-state index is -0.436. The number of benzene rings is 1. The summed E-state index contributed by atoms with van der Waals surface area (Å²) in [6.45, 7) is 3.88. The zero-order chi connectivity index (χ0) is 20.8. The van der Waals surface area contributed by atoms with Crippen LogP contribution in [0.4, 0.5) is 21.7 Å². The SMILES string of the molecule is C=C1NC(=O)C/C1=C\c1cnn2c(NC3CC3)cc(Nc3cc(F)cc(Cl)c3)nc12. The van der Waals surface area contributed by atoms with Gasteiger partial charge in [0.05, 0.1) is 12.6 Å². The molecule has 1 aliphatic heterocycles. The molecule has 2 aliphatic rings. The lowest BCUT2D eigenvalue weighted by atomic mass is 10.1. The predicted molar refractivity (Wildman–Crippen MR) is 114 cm³/mol. The topological polar surface area (TPSA) is 83.4 Å². The van der Waals surface area contributed by atoms with Gasteiger partial charge in [-0.05, 0) is 42.7 Å². The Balaban J connectivity index is 1.58. The Hall–Kier alpha value is -3.39. The van der Waals surface area contributed by atoms with Crippen molar-refractivity contribution in [3.63, 3.8) is 0 Å². The van der Waals surface area contributed by atoms with E-state index in [1.807, 2.05) is 12.1 Å². The number of aromatic nitrogens is 3. The van der Waals surface area contributed by atoms with Gasteiger partial charge >= 0.3 is 0 Å². The molecule has 3 N–H and O–H groups in total. The second-order valence-corrected chi connectivity index (χ2v) is 7.87. The van der Waals surface area contributed by atoms with Gasteiger partial charge < -0.3 is 16.0 Å². The zero-order valence-electron chi connectivity index (χ0n) is 15.9. The molecule has 0 atom stereocenters. The maximum Gasteiger partial charge on any atom is 0.228 e. The standard InChI is InChI=1S/C21H18ClFN6O/c1-11-12(5-20(30)25-11)4-13-10-24-29-19(27-16-2-3-16)9-18(28-21(13)29)26-17-7-14(22)6-15(23)8-17/h4,6-10,16,27H,1-3,5H2,(H,25,30)(H,26,28)/b12-4+. The molecule has 30 heavy (non-hydrogen) atoms. The number of carbonyl (C=O) groups excluding carboxylic acids is 1. The maximum absolute atomic E-state index is 13.7. The van der Waals surface area contributed by atoms with Crippen LogP contribution in [-0.2, 0) is 4.79 Å². The Kier molecular flexibility index (Phi) is 4.43. The number of halogens is 2. The van der Waals surface area contributed by atoms with E-state index in [0.717, 1.165) is 29.8 Å². The van der Waals surface area contributed by atoms with Crippen molar-refractivity contribution < 1.29 is 9.18 Å². The molecule has 2 aromatic heterocycles. The maximum atomic E-state index is 13.7. The molecule has 0 spiro atoms.